The fourth-order valence-corrected chi connectivity index (χ4v) is 2.93. The van der Waals surface area contributed by atoms with E-state index in [1.54, 1.807) is 12.3 Å². The number of nitrogens with zero attached hydrogens (tertiary/aromatic N) is 1. The highest BCUT2D eigenvalue weighted by molar-refractivity contribution is 7.98. The Morgan fingerprint density at radius 3 is 2.55 bits per heavy atom. The first kappa shape index (κ1) is 14.4. The number of nitriles is 1. The van der Waals surface area contributed by atoms with E-state index in [2.05, 4.69) is 0 Å². The Morgan fingerprint density at radius 1 is 1.23 bits per heavy atom. The zero-order chi connectivity index (χ0) is 15.9. The summed E-state index contributed by atoms with van der Waals surface area (Å²) in [7, 11) is 2.90. The van der Waals surface area contributed by atoms with Crippen molar-refractivity contribution < 1.29 is 18.3 Å². The van der Waals surface area contributed by atoms with Gasteiger partial charge in [-0.25, -0.2) is 0 Å². The lowest BCUT2D eigenvalue weighted by Crippen LogP contribution is -2.10. The quantitative estimate of drug-likeness (QED) is 0.686. The minimum atomic E-state index is -0.452. The summed E-state index contributed by atoms with van der Waals surface area (Å²) in [5.74, 6) is 0.602. The van der Waals surface area contributed by atoms with Crippen LogP contribution in [0.5, 0.6) is 11.5 Å². The summed E-state index contributed by atoms with van der Waals surface area (Å²) >= 11 is 1.17. The lowest BCUT2D eigenvalue weighted by atomic mass is 10.1. The number of hydrogen-bond acceptors (Lipinski definition) is 7. The van der Waals surface area contributed by atoms with E-state index in [0.717, 1.165) is 0 Å². The topological polar surface area (TPSA) is 85.6 Å². The van der Waals surface area contributed by atoms with E-state index in [-0.39, 0.29) is 21.6 Å². The normalized spacial score (nSPS) is 10.8. The second-order valence-corrected chi connectivity index (χ2v) is 5.12. The summed E-state index contributed by atoms with van der Waals surface area (Å²) in [5.41, 5.74) is 0.122. The second kappa shape index (κ2) is 5.31. The summed E-state index contributed by atoms with van der Waals surface area (Å²) in [6.45, 7) is 0. The van der Waals surface area contributed by atoms with Crippen LogP contribution in [0.3, 0.4) is 0 Å². The molecule has 0 radical (unpaired) electrons. The van der Waals surface area contributed by atoms with Crippen molar-refractivity contribution in [3.05, 3.63) is 28.1 Å². The van der Waals surface area contributed by atoms with Crippen molar-refractivity contribution in [3.63, 3.8) is 0 Å². The van der Waals surface area contributed by atoms with Gasteiger partial charge in [0.1, 0.15) is 22.8 Å². The second-order valence-electron chi connectivity index (χ2n) is 4.34. The Kier molecular flexibility index (Phi) is 3.47. The number of thioether (sulfide) groups is 1. The minimum absolute atomic E-state index is 0.0526. The van der Waals surface area contributed by atoms with Crippen molar-refractivity contribution >= 4 is 33.7 Å². The predicted octanol–water partition coefficient (Wildman–Crippen LogP) is 3.15. The van der Waals surface area contributed by atoms with E-state index in [1.807, 2.05) is 6.07 Å². The third-order valence-electron chi connectivity index (χ3n) is 3.33. The lowest BCUT2D eigenvalue weighted by molar-refractivity contribution is 0.392. The van der Waals surface area contributed by atoms with Crippen molar-refractivity contribution in [2.75, 3.05) is 20.5 Å². The Balaban J connectivity index is 2.68. The molecule has 0 bridgehead atoms. The number of ether oxygens (including phenoxy) is 2. The molecular formula is C15H11NO5S. The maximum absolute atomic E-state index is 12.7. The van der Waals surface area contributed by atoms with Crippen LogP contribution in [0.4, 0.5) is 0 Å². The van der Waals surface area contributed by atoms with Crippen molar-refractivity contribution in [1.29, 1.82) is 5.26 Å². The molecule has 6 nitrogen and oxygen atoms in total. The van der Waals surface area contributed by atoms with Gasteiger partial charge in [0.15, 0.2) is 16.3 Å². The summed E-state index contributed by atoms with van der Waals surface area (Å²) in [6, 6.07) is 3.56. The van der Waals surface area contributed by atoms with Gasteiger partial charge in [0.05, 0.1) is 25.9 Å². The Morgan fingerprint density at radius 2 is 1.95 bits per heavy atom. The first-order valence-corrected chi connectivity index (χ1v) is 7.46. The maximum Gasteiger partial charge on any atom is 0.215 e. The molecule has 7 heteroatoms. The SMILES string of the molecule is COc1c2occc2c(OC)c2c(=O)c(C#N)c(SC)oc12. The van der Waals surface area contributed by atoms with Crippen LogP contribution in [-0.2, 0) is 0 Å². The van der Waals surface area contributed by atoms with E-state index in [4.69, 9.17) is 18.3 Å². The number of rotatable bonds is 3. The molecule has 0 saturated heterocycles. The summed E-state index contributed by atoms with van der Waals surface area (Å²) in [6.07, 6.45) is 3.19. The smallest absolute Gasteiger partial charge is 0.215 e. The molecule has 0 amide bonds. The van der Waals surface area contributed by atoms with Gasteiger partial charge in [0, 0.05) is 0 Å². The largest absolute Gasteiger partial charge is 0.495 e. The molecule has 0 aliphatic heterocycles. The fraction of sp³-hybridized carbons (Fsp3) is 0.200. The molecule has 0 N–H and O–H groups in total. The zero-order valence-corrected chi connectivity index (χ0v) is 12.9. The number of benzene rings is 1. The van der Waals surface area contributed by atoms with Crippen LogP contribution in [0.25, 0.3) is 21.9 Å². The standard InChI is InChI=1S/C15H11NO5S/c1-18-11-7-4-5-20-12(7)14(19-2)13-9(11)10(17)8(6-16)15(21-13)22-3/h4-5H,1-3H3. The molecule has 1 aromatic carbocycles. The monoisotopic (exact) mass is 317 g/mol. The molecule has 3 aromatic rings. The average molecular weight is 317 g/mol. The molecule has 0 atom stereocenters. The third kappa shape index (κ3) is 1.77. The van der Waals surface area contributed by atoms with Crippen LogP contribution in [-0.4, -0.2) is 20.5 Å². The first-order chi connectivity index (χ1) is 10.7. The van der Waals surface area contributed by atoms with Gasteiger partial charge in [0.2, 0.25) is 11.2 Å². The van der Waals surface area contributed by atoms with E-state index in [0.29, 0.717) is 22.5 Å². The molecule has 2 aromatic heterocycles. The fourth-order valence-electron chi connectivity index (χ4n) is 2.42. The van der Waals surface area contributed by atoms with E-state index in [1.165, 1.54) is 32.2 Å². The summed E-state index contributed by atoms with van der Waals surface area (Å²) in [5, 5.41) is 10.2. The number of furan rings is 1. The lowest BCUT2D eigenvalue weighted by Gasteiger charge is -2.11. The zero-order valence-electron chi connectivity index (χ0n) is 12.1. The van der Waals surface area contributed by atoms with Gasteiger partial charge in [-0.2, -0.15) is 5.26 Å². The Hall–Kier alpha value is -2.59. The Bertz CT molecular complexity index is 980. The van der Waals surface area contributed by atoms with Gasteiger partial charge in [-0.05, 0) is 12.3 Å². The highest BCUT2D eigenvalue weighted by atomic mass is 32.2. The molecule has 3 rings (SSSR count). The highest BCUT2D eigenvalue weighted by Crippen LogP contribution is 2.43. The number of methoxy groups -OCH3 is 2. The third-order valence-corrected chi connectivity index (χ3v) is 3.99. The van der Waals surface area contributed by atoms with Gasteiger partial charge in [-0.1, -0.05) is 11.8 Å². The molecule has 0 aliphatic carbocycles. The van der Waals surface area contributed by atoms with Gasteiger partial charge in [-0.15, -0.1) is 0 Å². The van der Waals surface area contributed by atoms with Gasteiger partial charge < -0.3 is 18.3 Å². The summed E-state index contributed by atoms with van der Waals surface area (Å²) < 4.78 is 21.9. The van der Waals surface area contributed by atoms with Crippen LogP contribution in [0.1, 0.15) is 5.56 Å². The van der Waals surface area contributed by atoms with Crippen molar-refractivity contribution in [3.8, 4) is 17.6 Å². The Labute approximate surface area is 129 Å². The van der Waals surface area contributed by atoms with Crippen molar-refractivity contribution in [1.82, 2.24) is 0 Å². The first-order valence-electron chi connectivity index (χ1n) is 6.23. The van der Waals surface area contributed by atoms with Gasteiger partial charge in [0.25, 0.3) is 0 Å². The molecule has 22 heavy (non-hydrogen) atoms. The van der Waals surface area contributed by atoms with Crippen LogP contribution in [0.2, 0.25) is 0 Å². The highest BCUT2D eigenvalue weighted by Gasteiger charge is 2.25. The minimum Gasteiger partial charge on any atom is -0.495 e. The molecule has 2 heterocycles. The molecule has 0 fully saturated rings. The molecule has 0 aliphatic rings. The van der Waals surface area contributed by atoms with Crippen LogP contribution >= 0.6 is 11.8 Å². The van der Waals surface area contributed by atoms with Crippen LogP contribution in [0, 0.1) is 11.3 Å². The van der Waals surface area contributed by atoms with E-state index >= 15 is 0 Å². The van der Waals surface area contributed by atoms with Crippen LogP contribution in [0.15, 0.2) is 31.1 Å². The van der Waals surface area contributed by atoms with Crippen molar-refractivity contribution in [2.45, 2.75) is 5.09 Å². The van der Waals surface area contributed by atoms with E-state index in [9.17, 15) is 10.1 Å². The van der Waals surface area contributed by atoms with Crippen molar-refractivity contribution in [2.24, 2.45) is 0 Å². The van der Waals surface area contributed by atoms with Gasteiger partial charge >= 0.3 is 0 Å². The molecule has 0 spiro atoms. The van der Waals surface area contributed by atoms with Crippen LogP contribution < -0.4 is 14.9 Å². The number of fused-ring (bicyclic) bond motifs is 2. The molecule has 0 unspecified atom stereocenters. The van der Waals surface area contributed by atoms with Gasteiger partial charge in [-0.3, -0.25) is 4.79 Å². The maximum atomic E-state index is 12.7. The average Bonchev–Trinajstić information content (AvgIpc) is 3.01. The summed E-state index contributed by atoms with van der Waals surface area (Å²) in [4.78, 5) is 12.7. The van der Waals surface area contributed by atoms with E-state index < -0.39 is 5.43 Å². The number of hydrogen-bond donors (Lipinski definition) is 0. The predicted molar refractivity (Wildman–Crippen MR) is 81.9 cm³/mol. The molecule has 0 saturated carbocycles. The molecular weight excluding hydrogens is 306 g/mol. The molecule has 112 valence electrons.